The van der Waals surface area contributed by atoms with E-state index in [4.69, 9.17) is 4.74 Å². The van der Waals surface area contributed by atoms with Gasteiger partial charge in [0.15, 0.2) is 6.61 Å². The molecule has 2 unspecified atom stereocenters. The predicted octanol–water partition coefficient (Wildman–Crippen LogP) is 4.33. The first-order valence-electron chi connectivity index (χ1n) is 9.03. The first-order chi connectivity index (χ1) is 13.9. The van der Waals surface area contributed by atoms with Gasteiger partial charge in [-0.1, -0.05) is 24.3 Å². The normalized spacial score (nSPS) is 16.8. The zero-order valence-electron chi connectivity index (χ0n) is 15.2. The van der Waals surface area contributed by atoms with E-state index in [2.05, 4.69) is 15.3 Å². The quantitative estimate of drug-likeness (QED) is 0.666. The SMILES string of the molecule is OC(c1ccccc1OCC(F)(F)F)C1CNc2ncc(-c3cccnc3)cc21. The third-order valence-electron chi connectivity index (χ3n) is 4.81. The lowest BCUT2D eigenvalue weighted by atomic mass is 9.90. The summed E-state index contributed by atoms with van der Waals surface area (Å²) < 4.78 is 42.6. The average molecular weight is 401 g/mol. The molecule has 2 atom stereocenters. The number of anilines is 1. The van der Waals surface area contributed by atoms with Gasteiger partial charge in [0, 0.05) is 53.3 Å². The molecule has 1 aromatic carbocycles. The van der Waals surface area contributed by atoms with E-state index in [1.165, 1.54) is 6.07 Å². The van der Waals surface area contributed by atoms with E-state index in [-0.39, 0.29) is 11.7 Å². The van der Waals surface area contributed by atoms with Crippen LogP contribution in [0.1, 0.15) is 23.1 Å². The molecule has 3 aromatic rings. The van der Waals surface area contributed by atoms with Crippen LogP contribution < -0.4 is 10.1 Å². The summed E-state index contributed by atoms with van der Waals surface area (Å²) in [7, 11) is 0. The Labute approximate surface area is 165 Å². The van der Waals surface area contributed by atoms with Crippen molar-refractivity contribution in [1.82, 2.24) is 9.97 Å². The highest BCUT2D eigenvalue weighted by molar-refractivity contribution is 5.67. The van der Waals surface area contributed by atoms with Crippen LogP contribution in [0.4, 0.5) is 19.0 Å². The lowest BCUT2D eigenvalue weighted by Crippen LogP contribution is -2.21. The Hall–Kier alpha value is -3.13. The van der Waals surface area contributed by atoms with Crippen molar-refractivity contribution in [1.29, 1.82) is 0 Å². The number of hydrogen-bond donors (Lipinski definition) is 2. The highest BCUT2D eigenvalue weighted by Gasteiger charge is 2.34. The van der Waals surface area contributed by atoms with Gasteiger partial charge in [-0.15, -0.1) is 0 Å². The van der Waals surface area contributed by atoms with E-state index in [1.807, 2.05) is 18.2 Å². The van der Waals surface area contributed by atoms with Crippen LogP contribution in [-0.2, 0) is 0 Å². The van der Waals surface area contributed by atoms with Gasteiger partial charge in [0.25, 0.3) is 0 Å². The van der Waals surface area contributed by atoms with Crippen molar-refractivity contribution < 1.29 is 23.0 Å². The summed E-state index contributed by atoms with van der Waals surface area (Å²) >= 11 is 0. The van der Waals surface area contributed by atoms with Crippen molar-refractivity contribution in [3.05, 3.63) is 72.2 Å². The third kappa shape index (κ3) is 4.17. The topological polar surface area (TPSA) is 67.3 Å². The maximum atomic E-state index is 12.6. The lowest BCUT2D eigenvalue weighted by Gasteiger charge is -2.22. The minimum Gasteiger partial charge on any atom is -0.484 e. The molecular formula is C21H18F3N3O2. The van der Waals surface area contributed by atoms with Gasteiger partial charge in [0.2, 0.25) is 0 Å². The summed E-state index contributed by atoms with van der Waals surface area (Å²) in [5.74, 6) is 0.280. The minimum absolute atomic E-state index is 0.0159. The second-order valence-electron chi connectivity index (χ2n) is 6.78. The van der Waals surface area contributed by atoms with E-state index >= 15 is 0 Å². The molecule has 2 aromatic heterocycles. The van der Waals surface area contributed by atoms with Gasteiger partial charge in [0.05, 0.1) is 6.10 Å². The Morgan fingerprint density at radius 2 is 1.97 bits per heavy atom. The molecule has 0 bridgehead atoms. The molecule has 29 heavy (non-hydrogen) atoms. The van der Waals surface area contributed by atoms with Gasteiger partial charge in [-0.05, 0) is 18.2 Å². The fraction of sp³-hybridized carbons (Fsp3) is 0.238. The van der Waals surface area contributed by atoms with Crippen LogP contribution in [0, 0.1) is 0 Å². The fourth-order valence-electron chi connectivity index (χ4n) is 3.43. The van der Waals surface area contributed by atoms with Crippen molar-refractivity contribution in [3.63, 3.8) is 0 Å². The molecule has 5 nitrogen and oxygen atoms in total. The van der Waals surface area contributed by atoms with Gasteiger partial charge < -0.3 is 15.2 Å². The highest BCUT2D eigenvalue weighted by atomic mass is 19.4. The number of alkyl halides is 3. The molecule has 0 spiro atoms. The zero-order chi connectivity index (χ0) is 20.4. The molecule has 0 radical (unpaired) electrons. The molecule has 0 saturated carbocycles. The maximum absolute atomic E-state index is 12.6. The molecule has 4 rings (SSSR count). The van der Waals surface area contributed by atoms with Crippen LogP contribution in [0.3, 0.4) is 0 Å². The Kier molecular flexibility index (Phi) is 5.10. The molecule has 1 aliphatic heterocycles. The standard InChI is InChI=1S/C21H18F3N3O2/c22-21(23,24)12-29-18-6-2-1-5-15(18)19(28)17-11-27-20-16(17)8-14(10-26-20)13-4-3-7-25-9-13/h1-10,17,19,28H,11-12H2,(H,26,27). The lowest BCUT2D eigenvalue weighted by molar-refractivity contribution is -0.153. The number of aliphatic hydroxyl groups is 1. The number of hydrogen-bond acceptors (Lipinski definition) is 5. The maximum Gasteiger partial charge on any atom is 0.422 e. The number of nitrogens with one attached hydrogen (secondary N) is 1. The first-order valence-corrected chi connectivity index (χ1v) is 9.03. The van der Waals surface area contributed by atoms with Crippen LogP contribution in [0.25, 0.3) is 11.1 Å². The second kappa shape index (κ2) is 7.71. The van der Waals surface area contributed by atoms with E-state index in [9.17, 15) is 18.3 Å². The summed E-state index contributed by atoms with van der Waals surface area (Å²) in [4.78, 5) is 8.53. The van der Waals surface area contributed by atoms with Crippen LogP contribution in [0.15, 0.2) is 61.1 Å². The van der Waals surface area contributed by atoms with Crippen molar-refractivity contribution in [3.8, 4) is 16.9 Å². The summed E-state index contributed by atoms with van der Waals surface area (Å²) in [6, 6.07) is 11.9. The van der Waals surface area contributed by atoms with Crippen molar-refractivity contribution in [2.75, 3.05) is 18.5 Å². The van der Waals surface area contributed by atoms with Crippen molar-refractivity contribution in [2.24, 2.45) is 0 Å². The average Bonchev–Trinajstić information content (AvgIpc) is 3.15. The monoisotopic (exact) mass is 401 g/mol. The number of aromatic nitrogens is 2. The number of para-hydroxylation sites is 1. The number of fused-ring (bicyclic) bond motifs is 1. The Bertz CT molecular complexity index is 996. The van der Waals surface area contributed by atoms with E-state index in [0.717, 1.165) is 16.7 Å². The molecule has 8 heteroatoms. The predicted molar refractivity (Wildman–Crippen MR) is 102 cm³/mol. The summed E-state index contributed by atoms with van der Waals surface area (Å²) in [6.07, 6.45) is -0.396. The van der Waals surface area contributed by atoms with E-state index in [1.54, 1.807) is 36.8 Å². The van der Waals surface area contributed by atoms with Crippen LogP contribution in [0.5, 0.6) is 5.75 Å². The number of aliphatic hydroxyl groups excluding tert-OH is 1. The fourth-order valence-corrected chi connectivity index (χ4v) is 3.43. The molecule has 150 valence electrons. The summed E-state index contributed by atoms with van der Waals surface area (Å²) in [5.41, 5.74) is 2.84. The van der Waals surface area contributed by atoms with E-state index < -0.39 is 18.9 Å². The van der Waals surface area contributed by atoms with Crippen LogP contribution >= 0.6 is 0 Å². The molecule has 0 saturated heterocycles. The van der Waals surface area contributed by atoms with Gasteiger partial charge in [-0.3, -0.25) is 4.98 Å². The Morgan fingerprint density at radius 1 is 1.14 bits per heavy atom. The van der Waals surface area contributed by atoms with Crippen LogP contribution in [-0.4, -0.2) is 34.4 Å². The summed E-state index contributed by atoms with van der Waals surface area (Å²) in [6.45, 7) is -1.00. The van der Waals surface area contributed by atoms with E-state index in [0.29, 0.717) is 17.9 Å². The highest BCUT2D eigenvalue weighted by Crippen LogP contribution is 2.42. The van der Waals surface area contributed by atoms with Gasteiger partial charge in [0.1, 0.15) is 11.6 Å². The van der Waals surface area contributed by atoms with Gasteiger partial charge in [-0.2, -0.15) is 13.2 Å². The largest absolute Gasteiger partial charge is 0.484 e. The number of nitrogens with zero attached hydrogens (tertiary/aromatic N) is 2. The third-order valence-corrected chi connectivity index (χ3v) is 4.81. The zero-order valence-corrected chi connectivity index (χ0v) is 15.2. The van der Waals surface area contributed by atoms with Crippen LogP contribution in [0.2, 0.25) is 0 Å². The molecule has 0 fully saturated rings. The Balaban J connectivity index is 1.63. The van der Waals surface area contributed by atoms with Gasteiger partial charge in [-0.25, -0.2) is 4.98 Å². The molecule has 3 heterocycles. The summed E-state index contributed by atoms with van der Waals surface area (Å²) in [5, 5.41) is 14.1. The molecule has 2 N–H and O–H groups in total. The minimum atomic E-state index is -4.46. The number of benzene rings is 1. The molecule has 0 aliphatic carbocycles. The van der Waals surface area contributed by atoms with Gasteiger partial charge >= 0.3 is 6.18 Å². The van der Waals surface area contributed by atoms with Crippen molar-refractivity contribution >= 4 is 5.82 Å². The number of pyridine rings is 2. The number of rotatable bonds is 5. The molecule has 1 aliphatic rings. The first kappa shape index (κ1) is 19.2. The molecular weight excluding hydrogens is 383 g/mol. The number of halogens is 3. The van der Waals surface area contributed by atoms with Crippen molar-refractivity contribution in [2.45, 2.75) is 18.2 Å². The Morgan fingerprint density at radius 3 is 2.72 bits per heavy atom. The number of ether oxygens (including phenoxy) is 1. The second-order valence-corrected chi connectivity index (χ2v) is 6.78. The smallest absolute Gasteiger partial charge is 0.422 e. The molecule has 0 amide bonds.